The Morgan fingerprint density at radius 1 is 1.15 bits per heavy atom. The maximum Gasteiger partial charge on any atom is 0.258 e. The molecule has 0 aliphatic rings. The standard InChI is InChI=1S/C18H15ClN2O4S/c19-12-2-4-13(5-3-12)25-9-17(24)20-8-18-21-14(10-26-18)11-1-6-15(22)16(23)7-11/h1-7,10,22-23H,8-9H2,(H,20,24). The molecule has 6 nitrogen and oxygen atoms in total. The van der Waals surface area contributed by atoms with Gasteiger partial charge in [0.05, 0.1) is 12.2 Å². The molecule has 134 valence electrons. The summed E-state index contributed by atoms with van der Waals surface area (Å²) in [5.74, 6) is -0.0888. The normalized spacial score (nSPS) is 10.5. The Bertz CT molecular complexity index is 912. The van der Waals surface area contributed by atoms with E-state index in [-0.39, 0.29) is 30.6 Å². The fraction of sp³-hybridized carbons (Fsp3) is 0.111. The maximum absolute atomic E-state index is 11.9. The Morgan fingerprint density at radius 3 is 2.65 bits per heavy atom. The first-order valence-corrected chi connectivity index (χ1v) is 8.89. The zero-order valence-corrected chi connectivity index (χ0v) is 15.0. The molecule has 2 aromatic carbocycles. The van der Waals surface area contributed by atoms with Crippen LogP contribution in [0, 0.1) is 0 Å². The van der Waals surface area contributed by atoms with Gasteiger partial charge in [-0.3, -0.25) is 4.79 Å². The number of nitrogens with one attached hydrogen (secondary N) is 1. The lowest BCUT2D eigenvalue weighted by molar-refractivity contribution is -0.123. The predicted molar refractivity (Wildman–Crippen MR) is 99.7 cm³/mol. The Labute approximate surface area is 158 Å². The third kappa shape index (κ3) is 4.65. The average molecular weight is 391 g/mol. The molecule has 1 amide bonds. The lowest BCUT2D eigenvalue weighted by Gasteiger charge is -2.06. The highest BCUT2D eigenvalue weighted by Gasteiger charge is 2.09. The lowest BCUT2D eigenvalue weighted by atomic mass is 10.1. The van der Waals surface area contributed by atoms with Crippen LogP contribution in [0.5, 0.6) is 17.2 Å². The van der Waals surface area contributed by atoms with E-state index in [1.54, 1.807) is 30.3 Å². The zero-order valence-electron chi connectivity index (χ0n) is 13.5. The first kappa shape index (κ1) is 18.0. The molecule has 0 saturated heterocycles. The lowest BCUT2D eigenvalue weighted by Crippen LogP contribution is -2.28. The van der Waals surface area contributed by atoms with Crippen LogP contribution in [0.25, 0.3) is 11.3 Å². The molecule has 0 saturated carbocycles. The second-order valence-corrected chi connectivity index (χ2v) is 6.73. The van der Waals surface area contributed by atoms with Crippen LogP contribution in [0.15, 0.2) is 47.8 Å². The smallest absolute Gasteiger partial charge is 0.258 e. The number of aromatic hydroxyl groups is 2. The summed E-state index contributed by atoms with van der Waals surface area (Å²) in [6.07, 6.45) is 0. The van der Waals surface area contributed by atoms with Gasteiger partial charge in [-0.2, -0.15) is 0 Å². The van der Waals surface area contributed by atoms with Crippen LogP contribution in [0.4, 0.5) is 0 Å². The number of ether oxygens (including phenoxy) is 1. The second-order valence-electron chi connectivity index (χ2n) is 5.35. The molecule has 0 atom stereocenters. The Kier molecular flexibility index (Phi) is 5.60. The van der Waals surface area contributed by atoms with Crippen molar-refractivity contribution in [2.75, 3.05) is 6.61 Å². The van der Waals surface area contributed by atoms with Crippen molar-refractivity contribution >= 4 is 28.8 Å². The van der Waals surface area contributed by atoms with Crippen LogP contribution in [-0.2, 0) is 11.3 Å². The molecule has 0 bridgehead atoms. The van der Waals surface area contributed by atoms with Crippen LogP contribution in [0.3, 0.4) is 0 Å². The molecule has 3 N–H and O–H groups in total. The van der Waals surface area contributed by atoms with Crippen LogP contribution in [0.2, 0.25) is 5.02 Å². The van der Waals surface area contributed by atoms with E-state index in [1.807, 2.05) is 5.38 Å². The third-order valence-electron chi connectivity index (χ3n) is 3.44. The SMILES string of the molecule is O=C(COc1ccc(Cl)cc1)NCc1nc(-c2ccc(O)c(O)c2)cs1. The van der Waals surface area contributed by atoms with E-state index >= 15 is 0 Å². The number of amides is 1. The van der Waals surface area contributed by atoms with E-state index < -0.39 is 0 Å². The summed E-state index contributed by atoms with van der Waals surface area (Å²) in [7, 11) is 0. The Hall–Kier alpha value is -2.77. The summed E-state index contributed by atoms with van der Waals surface area (Å²) in [6, 6.07) is 11.3. The zero-order chi connectivity index (χ0) is 18.5. The highest BCUT2D eigenvalue weighted by molar-refractivity contribution is 7.09. The van der Waals surface area contributed by atoms with Crippen molar-refractivity contribution < 1.29 is 19.7 Å². The first-order valence-electron chi connectivity index (χ1n) is 7.63. The van der Waals surface area contributed by atoms with Crippen molar-refractivity contribution in [3.63, 3.8) is 0 Å². The molecule has 8 heteroatoms. The molecule has 0 radical (unpaired) electrons. The number of rotatable bonds is 6. The van der Waals surface area contributed by atoms with Crippen LogP contribution in [-0.4, -0.2) is 27.7 Å². The number of hydrogen-bond donors (Lipinski definition) is 3. The number of phenols is 2. The van der Waals surface area contributed by atoms with Crippen LogP contribution < -0.4 is 10.1 Å². The molecule has 0 aliphatic heterocycles. The van der Waals surface area contributed by atoms with Crippen molar-refractivity contribution in [3.8, 4) is 28.5 Å². The fourth-order valence-corrected chi connectivity index (χ4v) is 2.98. The van der Waals surface area contributed by atoms with Gasteiger partial charge in [0.15, 0.2) is 18.1 Å². The number of aromatic nitrogens is 1. The van der Waals surface area contributed by atoms with Gasteiger partial charge in [-0.05, 0) is 42.5 Å². The molecule has 26 heavy (non-hydrogen) atoms. The maximum atomic E-state index is 11.9. The van der Waals surface area contributed by atoms with E-state index in [2.05, 4.69) is 10.3 Å². The second kappa shape index (κ2) is 8.07. The van der Waals surface area contributed by atoms with E-state index in [1.165, 1.54) is 23.5 Å². The number of nitrogens with zero attached hydrogens (tertiary/aromatic N) is 1. The van der Waals surface area contributed by atoms with Gasteiger partial charge in [-0.1, -0.05) is 11.6 Å². The molecule has 1 aromatic heterocycles. The van der Waals surface area contributed by atoms with E-state index in [4.69, 9.17) is 16.3 Å². The summed E-state index contributed by atoms with van der Waals surface area (Å²) in [5.41, 5.74) is 1.34. The van der Waals surface area contributed by atoms with Crippen molar-refractivity contribution in [2.45, 2.75) is 6.54 Å². The molecular weight excluding hydrogens is 376 g/mol. The average Bonchev–Trinajstić information content (AvgIpc) is 3.11. The Balaban J connectivity index is 1.51. The van der Waals surface area contributed by atoms with Crippen LogP contribution in [0.1, 0.15) is 5.01 Å². The minimum atomic E-state index is -0.265. The summed E-state index contributed by atoms with van der Waals surface area (Å²) >= 11 is 7.17. The highest BCUT2D eigenvalue weighted by atomic mass is 35.5. The monoisotopic (exact) mass is 390 g/mol. The van der Waals surface area contributed by atoms with E-state index in [0.29, 0.717) is 27.0 Å². The van der Waals surface area contributed by atoms with Gasteiger partial charge < -0.3 is 20.3 Å². The molecule has 0 spiro atoms. The summed E-state index contributed by atoms with van der Waals surface area (Å²) in [4.78, 5) is 16.3. The first-order chi connectivity index (χ1) is 12.5. The van der Waals surface area contributed by atoms with Gasteiger partial charge in [0, 0.05) is 16.0 Å². The van der Waals surface area contributed by atoms with Crippen molar-refractivity contribution in [1.29, 1.82) is 0 Å². The number of thiazole rings is 1. The van der Waals surface area contributed by atoms with Gasteiger partial charge in [0.2, 0.25) is 0 Å². The third-order valence-corrected chi connectivity index (χ3v) is 4.54. The highest BCUT2D eigenvalue weighted by Crippen LogP contribution is 2.31. The molecular formula is C18H15ClN2O4S. The summed E-state index contributed by atoms with van der Waals surface area (Å²) in [5, 5.41) is 24.8. The summed E-state index contributed by atoms with van der Waals surface area (Å²) < 4.78 is 5.37. The van der Waals surface area contributed by atoms with E-state index in [0.717, 1.165) is 0 Å². The fourth-order valence-electron chi connectivity index (χ4n) is 2.11. The number of benzene rings is 2. The number of phenolic OH excluding ortho intramolecular Hbond substituents is 2. The van der Waals surface area contributed by atoms with Crippen LogP contribution >= 0.6 is 22.9 Å². The van der Waals surface area contributed by atoms with E-state index in [9.17, 15) is 15.0 Å². The van der Waals surface area contributed by atoms with Crippen molar-refractivity contribution in [1.82, 2.24) is 10.3 Å². The predicted octanol–water partition coefficient (Wildman–Crippen LogP) is 3.57. The Morgan fingerprint density at radius 2 is 1.92 bits per heavy atom. The van der Waals surface area contributed by atoms with Crippen molar-refractivity contribution in [3.05, 3.63) is 57.9 Å². The molecule has 3 aromatic rings. The number of hydrogen-bond acceptors (Lipinski definition) is 6. The molecule has 0 aliphatic carbocycles. The quantitative estimate of drug-likeness (QED) is 0.559. The van der Waals surface area contributed by atoms with Gasteiger partial charge in [0.25, 0.3) is 5.91 Å². The minimum Gasteiger partial charge on any atom is -0.504 e. The van der Waals surface area contributed by atoms with Crippen molar-refractivity contribution in [2.24, 2.45) is 0 Å². The number of halogens is 1. The van der Waals surface area contributed by atoms with Gasteiger partial charge >= 0.3 is 0 Å². The molecule has 3 rings (SSSR count). The van der Waals surface area contributed by atoms with Gasteiger partial charge in [0.1, 0.15) is 10.8 Å². The largest absolute Gasteiger partial charge is 0.504 e. The van der Waals surface area contributed by atoms with Gasteiger partial charge in [-0.15, -0.1) is 11.3 Å². The minimum absolute atomic E-state index is 0.105. The van der Waals surface area contributed by atoms with Gasteiger partial charge in [-0.25, -0.2) is 4.98 Å². The molecule has 0 unspecified atom stereocenters. The summed E-state index contributed by atoms with van der Waals surface area (Å²) in [6.45, 7) is 0.170. The molecule has 0 fully saturated rings. The topological polar surface area (TPSA) is 91.7 Å². The number of carbonyl (C=O) groups is 1. The number of carbonyl (C=O) groups excluding carboxylic acids is 1. The molecule has 1 heterocycles.